The van der Waals surface area contributed by atoms with Crippen molar-refractivity contribution in [2.75, 3.05) is 12.4 Å². The second-order valence-electron chi connectivity index (χ2n) is 0.987. The van der Waals surface area contributed by atoms with Crippen molar-refractivity contribution < 1.29 is 0 Å². The third-order valence-electron chi connectivity index (χ3n) is 0.423. The molecule has 1 nitrogen and oxygen atoms in total. The van der Waals surface area contributed by atoms with Crippen LogP contribution in [0, 0.1) is 0 Å². The van der Waals surface area contributed by atoms with Gasteiger partial charge >= 0.3 is 0 Å². The first-order chi connectivity index (χ1) is 2.81. The Bertz CT molecular complexity index is 28.0. The maximum Gasteiger partial charge on any atom is 0.0593 e. The van der Waals surface area contributed by atoms with Crippen LogP contribution in [0.1, 0.15) is 0 Å². The zero-order valence-electron chi connectivity index (χ0n) is 3.32. The van der Waals surface area contributed by atoms with Crippen LogP contribution in [0.15, 0.2) is 0 Å². The van der Waals surface area contributed by atoms with Crippen LogP contribution in [0.25, 0.3) is 0 Å². The molecule has 0 fully saturated rings. The summed E-state index contributed by atoms with van der Waals surface area (Å²) in [5.41, 5.74) is 5.07. The number of nitrogens with two attached hydrogens (primary N) is 1. The minimum absolute atomic E-state index is 0.0494. The lowest BCUT2D eigenvalue weighted by Gasteiger charge is -1.94. The van der Waals surface area contributed by atoms with Crippen molar-refractivity contribution in [1.29, 1.82) is 0 Å². The Balaban J connectivity index is 2.75. The maximum atomic E-state index is 5.39. The van der Waals surface area contributed by atoms with Crippen LogP contribution >= 0.6 is 23.2 Å². The summed E-state index contributed by atoms with van der Waals surface area (Å²) >= 11 is 10.6. The van der Waals surface area contributed by atoms with E-state index in [1.54, 1.807) is 0 Å². The second kappa shape index (κ2) is 3.72. The lowest BCUT2D eigenvalue weighted by atomic mass is 10.5. The van der Waals surface area contributed by atoms with Gasteiger partial charge < -0.3 is 5.73 Å². The maximum absolute atomic E-state index is 5.39. The Morgan fingerprint density at radius 1 is 1.67 bits per heavy atom. The fourth-order valence-corrected chi connectivity index (χ4v) is 0.189. The van der Waals surface area contributed by atoms with Gasteiger partial charge in [-0.3, -0.25) is 0 Å². The van der Waals surface area contributed by atoms with Gasteiger partial charge in [-0.1, -0.05) is 0 Å². The Labute approximate surface area is 47.4 Å². The smallest absolute Gasteiger partial charge is 0.0593 e. The topological polar surface area (TPSA) is 26.0 Å². The van der Waals surface area contributed by atoms with E-state index in [-0.39, 0.29) is 5.38 Å². The highest BCUT2D eigenvalue weighted by atomic mass is 35.5. The van der Waals surface area contributed by atoms with Crippen molar-refractivity contribution in [2.45, 2.75) is 5.38 Å². The second-order valence-corrected chi connectivity index (χ2v) is 1.91. The van der Waals surface area contributed by atoms with Crippen LogP contribution < -0.4 is 5.73 Å². The van der Waals surface area contributed by atoms with Gasteiger partial charge in [0.2, 0.25) is 0 Å². The monoisotopic (exact) mass is 127 g/mol. The van der Waals surface area contributed by atoms with Crippen molar-refractivity contribution in [3.8, 4) is 0 Å². The molecule has 6 heavy (non-hydrogen) atoms. The molecule has 0 spiro atoms. The van der Waals surface area contributed by atoms with Gasteiger partial charge in [0.25, 0.3) is 0 Å². The molecule has 2 N–H and O–H groups in total. The van der Waals surface area contributed by atoms with Gasteiger partial charge in [0, 0.05) is 12.4 Å². The Kier molecular flexibility index (Phi) is 4.06. The zero-order valence-corrected chi connectivity index (χ0v) is 4.84. The Morgan fingerprint density at radius 2 is 2.17 bits per heavy atom. The first-order valence-corrected chi connectivity index (χ1v) is 2.68. The molecule has 3 heteroatoms. The van der Waals surface area contributed by atoms with E-state index in [1.165, 1.54) is 0 Å². The SMILES string of the molecule is NC[C@@H](Cl)CCl. The molecule has 0 amide bonds. The summed E-state index contributed by atoms with van der Waals surface area (Å²) in [6, 6.07) is 0. The summed E-state index contributed by atoms with van der Waals surface area (Å²) in [7, 11) is 0. The third-order valence-corrected chi connectivity index (χ3v) is 1.29. The van der Waals surface area contributed by atoms with Gasteiger partial charge in [-0.2, -0.15) is 0 Å². The fourth-order valence-electron chi connectivity index (χ4n) is 0.0630. The van der Waals surface area contributed by atoms with Gasteiger partial charge in [0.15, 0.2) is 0 Å². The molecular formula is C3H7Cl2N. The molecule has 0 aliphatic rings. The van der Waals surface area contributed by atoms with Gasteiger partial charge in [0.05, 0.1) is 5.38 Å². The van der Waals surface area contributed by atoms with Crippen molar-refractivity contribution >= 4 is 23.2 Å². The summed E-state index contributed by atoms with van der Waals surface area (Å²) in [6.45, 7) is 0.463. The van der Waals surface area contributed by atoms with Crippen LogP contribution in [0.2, 0.25) is 0 Å². The van der Waals surface area contributed by atoms with E-state index < -0.39 is 0 Å². The number of hydrogen-bond acceptors (Lipinski definition) is 1. The molecule has 38 valence electrons. The fraction of sp³-hybridized carbons (Fsp3) is 1.00. The highest BCUT2D eigenvalue weighted by Crippen LogP contribution is 1.93. The lowest BCUT2D eigenvalue weighted by molar-refractivity contribution is 0.948. The lowest BCUT2D eigenvalue weighted by Crippen LogP contribution is -2.14. The average Bonchev–Trinajstić information content (AvgIpc) is 1.65. The van der Waals surface area contributed by atoms with E-state index in [4.69, 9.17) is 28.9 Å². The van der Waals surface area contributed by atoms with Crippen LogP contribution in [-0.2, 0) is 0 Å². The van der Waals surface area contributed by atoms with E-state index in [1.807, 2.05) is 0 Å². The molecule has 0 radical (unpaired) electrons. The molecular weight excluding hydrogens is 121 g/mol. The minimum Gasteiger partial charge on any atom is -0.329 e. The molecule has 1 atom stereocenters. The average molecular weight is 128 g/mol. The summed E-state index contributed by atoms with van der Waals surface area (Å²) < 4.78 is 0. The highest BCUT2D eigenvalue weighted by molar-refractivity contribution is 6.28. The molecule has 0 rings (SSSR count). The largest absolute Gasteiger partial charge is 0.329 e. The Hall–Kier alpha value is 0.540. The molecule has 0 heterocycles. The summed E-state index contributed by atoms with van der Waals surface area (Å²) in [6.07, 6.45) is 0. The quantitative estimate of drug-likeness (QED) is 0.546. The van der Waals surface area contributed by atoms with Crippen molar-refractivity contribution in [3.63, 3.8) is 0 Å². The number of rotatable bonds is 2. The number of hydrogen-bond donors (Lipinski definition) is 1. The van der Waals surface area contributed by atoms with E-state index in [9.17, 15) is 0 Å². The predicted molar refractivity (Wildman–Crippen MR) is 29.4 cm³/mol. The molecule has 0 saturated carbocycles. The van der Waals surface area contributed by atoms with Gasteiger partial charge in [-0.25, -0.2) is 0 Å². The predicted octanol–water partition coefficient (Wildman–Crippen LogP) is 0.791. The minimum atomic E-state index is -0.0494. The molecule has 0 saturated heterocycles. The first kappa shape index (κ1) is 6.54. The molecule has 0 aromatic heterocycles. The van der Waals surface area contributed by atoms with Crippen LogP contribution in [0.3, 0.4) is 0 Å². The normalized spacial score (nSPS) is 14.5. The van der Waals surface area contributed by atoms with Crippen molar-refractivity contribution in [3.05, 3.63) is 0 Å². The van der Waals surface area contributed by atoms with Gasteiger partial charge in [-0.15, -0.1) is 23.2 Å². The third kappa shape index (κ3) is 2.76. The molecule has 0 aromatic rings. The number of halogens is 2. The Morgan fingerprint density at radius 3 is 2.17 bits per heavy atom. The first-order valence-electron chi connectivity index (χ1n) is 1.71. The van der Waals surface area contributed by atoms with Crippen molar-refractivity contribution in [2.24, 2.45) is 5.73 Å². The van der Waals surface area contributed by atoms with Gasteiger partial charge in [0.1, 0.15) is 0 Å². The van der Waals surface area contributed by atoms with E-state index >= 15 is 0 Å². The van der Waals surface area contributed by atoms with Crippen LogP contribution in [-0.4, -0.2) is 17.8 Å². The van der Waals surface area contributed by atoms with Gasteiger partial charge in [-0.05, 0) is 0 Å². The van der Waals surface area contributed by atoms with E-state index in [2.05, 4.69) is 0 Å². The highest BCUT2D eigenvalue weighted by Gasteiger charge is 1.93. The molecule has 0 bridgehead atoms. The molecule has 0 aromatic carbocycles. The molecule has 0 unspecified atom stereocenters. The summed E-state index contributed by atoms with van der Waals surface area (Å²) in [5, 5.41) is -0.0494. The zero-order chi connectivity index (χ0) is 4.99. The summed E-state index contributed by atoms with van der Waals surface area (Å²) in [4.78, 5) is 0. The van der Waals surface area contributed by atoms with Crippen LogP contribution in [0.4, 0.5) is 0 Å². The van der Waals surface area contributed by atoms with E-state index in [0.717, 1.165) is 0 Å². The summed E-state index contributed by atoms with van der Waals surface area (Å²) in [5.74, 6) is 0.443. The van der Waals surface area contributed by atoms with Crippen LogP contribution in [0.5, 0.6) is 0 Å². The number of alkyl halides is 2. The molecule has 0 aliphatic carbocycles. The molecule has 0 aliphatic heterocycles. The standard InChI is InChI=1S/C3H7Cl2N/c4-1-3(5)2-6/h3H,1-2,6H2/t3-/m0/s1. The van der Waals surface area contributed by atoms with Crippen molar-refractivity contribution in [1.82, 2.24) is 0 Å². The van der Waals surface area contributed by atoms with E-state index in [0.29, 0.717) is 12.4 Å².